The van der Waals surface area contributed by atoms with E-state index in [-0.39, 0.29) is 40.5 Å². The van der Waals surface area contributed by atoms with Gasteiger partial charge in [-0.1, -0.05) is 24.7 Å². The van der Waals surface area contributed by atoms with Gasteiger partial charge in [-0.2, -0.15) is 4.99 Å². The average Bonchev–Trinajstić information content (AvgIpc) is 2.82. The summed E-state index contributed by atoms with van der Waals surface area (Å²) in [7, 11) is 0. The molecule has 0 bridgehead atoms. The number of aromatic nitrogens is 1. The molecule has 0 saturated heterocycles. The lowest BCUT2D eigenvalue weighted by Gasteiger charge is -2.05. The zero-order chi connectivity index (χ0) is 17.7. The summed E-state index contributed by atoms with van der Waals surface area (Å²) in [6.07, 6.45) is 1.80. The predicted octanol–water partition coefficient (Wildman–Crippen LogP) is 3.16. The average molecular weight is 356 g/mol. The molecule has 1 aromatic heterocycles. The second-order valence-electron chi connectivity index (χ2n) is 5.12. The smallest absolute Gasteiger partial charge is 0.326 e. The minimum atomic E-state index is -0.812. The van der Waals surface area contributed by atoms with Crippen LogP contribution in [0.1, 0.15) is 33.1 Å². The summed E-state index contributed by atoms with van der Waals surface area (Å²) in [5.74, 6) is -2.48. The summed E-state index contributed by atoms with van der Waals surface area (Å²) >= 11 is 0.962. The van der Waals surface area contributed by atoms with Gasteiger partial charge >= 0.3 is 5.97 Å². The first kappa shape index (κ1) is 18.3. The van der Waals surface area contributed by atoms with Crippen LogP contribution in [0.25, 0.3) is 10.2 Å². The molecule has 130 valence electrons. The van der Waals surface area contributed by atoms with Gasteiger partial charge in [-0.15, -0.1) is 0 Å². The molecule has 1 heterocycles. The third kappa shape index (κ3) is 4.25. The Hall–Kier alpha value is -2.09. The highest BCUT2D eigenvalue weighted by molar-refractivity contribution is 7.16. The molecule has 24 heavy (non-hydrogen) atoms. The van der Waals surface area contributed by atoms with Crippen molar-refractivity contribution in [3.05, 3.63) is 28.6 Å². The maximum Gasteiger partial charge on any atom is 0.326 e. The molecule has 0 fully saturated rings. The van der Waals surface area contributed by atoms with Crippen LogP contribution in [-0.4, -0.2) is 23.1 Å². The minimum absolute atomic E-state index is 0.0384. The van der Waals surface area contributed by atoms with Gasteiger partial charge < -0.3 is 9.30 Å². The largest absolute Gasteiger partial charge is 0.465 e. The zero-order valence-corrected chi connectivity index (χ0v) is 14.3. The van der Waals surface area contributed by atoms with Crippen molar-refractivity contribution in [2.75, 3.05) is 6.61 Å². The minimum Gasteiger partial charge on any atom is -0.465 e. The van der Waals surface area contributed by atoms with Crippen LogP contribution in [0, 0.1) is 11.6 Å². The van der Waals surface area contributed by atoms with Crippen LogP contribution in [0.2, 0.25) is 0 Å². The number of carbonyl (C=O) groups excluding carboxylic acids is 2. The summed E-state index contributed by atoms with van der Waals surface area (Å²) in [6.45, 7) is 3.49. The first-order valence-corrected chi connectivity index (χ1v) is 8.49. The number of ether oxygens (including phenoxy) is 1. The molecule has 0 atom stereocenters. The van der Waals surface area contributed by atoms with Gasteiger partial charge in [0.05, 0.1) is 16.8 Å². The molecular weight excluding hydrogens is 338 g/mol. The predicted molar refractivity (Wildman–Crippen MR) is 86.5 cm³/mol. The molecule has 0 unspecified atom stereocenters. The lowest BCUT2D eigenvalue weighted by Crippen LogP contribution is -2.23. The van der Waals surface area contributed by atoms with E-state index in [1.165, 1.54) is 4.57 Å². The third-order valence-electron chi connectivity index (χ3n) is 3.25. The van der Waals surface area contributed by atoms with Gasteiger partial charge in [-0.05, 0) is 19.4 Å². The Labute approximate surface area is 141 Å². The lowest BCUT2D eigenvalue weighted by molar-refractivity contribution is -0.143. The number of fused-ring (bicyclic) bond motifs is 1. The topological polar surface area (TPSA) is 60.7 Å². The summed E-state index contributed by atoms with van der Waals surface area (Å²) in [5.41, 5.74) is 0.0384. The van der Waals surface area contributed by atoms with Crippen molar-refractivity contribution in [3.63, 3.8) is 0 Å². The SMILES string of the molecule is CCCCC(=O)N=c1sc2cc(F)cc(F)c2n1CC(=O)OCC. The number of benzene rings is 1. The molecule has 0 spiro atoms. The number of unbranched alkanes of at least 4 members (excludes halogenated alkanes) is 1. The van der Waals surface area contributed by atoms with Gasteiger partial charge in [0, 0.05) is 12.5 Å². The van der Waals surface area contributed by atoms with E-state index in [9.17, 15) is 18.4 Å². The summed E-state index contributed by atoms with van der Waals surface area (Å²) in [4.78, 5) is 27.8. The summed E-state index contributed by atoms with van der Waals surface area (Å²) in [6, 6.07) is 1.89. The van der Waals surface area contributed by atoms with Crippen molar-refractivity contribution in [3.8, 4) is 0 Å². The van der Waals surface area contributed by atoms with Crippen LogP contribution >= 0.6 is 11.3 Å². The Bertz CT molecular complexity index is 827. The number of hydrogen-bond donors (Lipinski definition) is 0. The van der Waals surface area contributed by atoms with Gasteiger partial charge in [0.15, 0.2) is 10.6 Å². The van der Waals surface area contributed by atoms with Crippen LogP contribution in [0.15, 0.2) is 17.1 Å². The van der Waals surface area contributed by atoms with E-state index in [0.717, 1.165) is 29.9 Å². The van der Waals surface area contributed by atoms with Gasteiger partial charge in [0.2, 0.25) is 5.91 Å². The quantitative estimate of drug-likeness (QED) is 0.747. The lowest BCUT2D eigenvalue weighted by atomic mass is 10.2. The van der Waals surface area contributed by atoms with Crippen molar-refractivity contribution in [1.29, 1.82) is 0 Å². The maximum absolute atomic E-state index is 14.2. The van der Waals surface area contributed by atoms with Crippen LogP contribution in [0.4, 0.5) is 8.78 Å². The fourth-order valence-electron chi connectivity index (χ4n) is 2.19. The molecule has 0 N–H and O–H groups in total. The number of hydrogen-bond acceptors (Lipinski definition) is 4. The molecule has 1 amide bonds. The Morgan fingerprint density at radius 2 is 2.04 bits per heavy atom. The van der Waals surface area contributed by atoms with Crippen molar-refractivity contribution in [2.45, 2.75) is 39.7 Å². The van der Waals surface area contributed by atoms with Gasteiger partial charge in [0.25, 0.3) is 0 Å². The van der Waals surface area contributed by atoms with Crippen LogP contribution in [-0.2, 0) is 20.9 Å². The number of rotatable bonds is 6. The molecule has 2 aromatic rings. The van der Waals surface area contributed by atoms with E-state index >= 15 is 0 Å². The van der Waals surface area contributed by atoms with Crippen molar-refractivity contribution < 1.29 is 23.1 Å². The highest BCUT2D eigenvalue weighted by Crippen LogP contribution is 2.22. The third-order valence-corrected chi connectivity index (χ3v) is 4.28. The van der Waals surface area contributed by atoms with E-state index in [2.05, 4.69) is 4.99 Å². The summed E-state index contributed by atoms with van der Waals surface area (Å²) in [5, 5.41) is 0. The molecule has 0 radical (unpaired) electrons. The molecule has 0 aliphatic carbocycles. The summed E-state index contributed by atoms with van der Waals surface area (Å²) < 4.78 is 34.0. The molecule has 8 heteroatoms. The van der Waals surface area contributed by atoms with E-state index in [4.69, 9.17) is 4.74 Å². The Morgan fingerprint density at radius 3 is 2.71 bits per heavy atom. The molecular formula is C16H18F2N2O3S. The van der Waals surface area contributed by atoms with Crippen LogP contribution in [0.5, 0.6) is 0 Å². The number of carbonyl (C=O) groups is 2. The first-order valence-electron chi connectivity index (χ1n) is 7.67. The van der Waals surface area contributed by atoms with Gasteiger partial charge in [-0.25, -0.2) is 8.78 Å². The number of esters is 1. The highest BCUT2D eigenvalue weighted by atomic mass is 32.1. The maximum atomic E-state index is 14.2. The van der Waals surface area contributed by atoms with Crippen molar-refractivity contribution in [2.24, 2.45) is 4.99 Å². The second-order valence-corrected chi connectivity index (χ2v) is 6.13. The zero-order valence-electron chi connectivity index (χ0n) is 13.5. The standard InChI is InChI=1S/C16H18F2N2O3S/c1-3-5-6-13(21)19-16-20(9-14(22)23-4-2)15-11(18)7-10(17)8-12(15)24-16/h7-8H,3-6,9H2,1-2H3. The Balaban J connectivity index is 2.56. The normalized spacial score (nSPS) is 11.9. The second kappa shape index (κ2) is 8.14. The monoisotopic (exact) mass is 356 g/mol. The van der Waals surface area contributed by atoms with E-state index in [0.29, 0.717) is 6.42 Å². The molecule has 0 saturated carbocycles. The van der Waals surface area contributed by atoms with E-state index in [1.54, 1.807) is 6.92 Å². The molecule has 2 rings (SSSR count). The molecule has 1 aromatic carbocycles. The molecule has 5 nitrogen and oxygen atoms in total. The number of nitrogens with zero attached hydrogens (tertiary/aromatic N) is 2. The Kier molecular flexibility index (Phi) is 6.19. The Morgan fingerprint density at radius 1 is 1.29 bits per heavy atom. The molecule has 0 aliphatic rings. The number of amides is 1. The van der Waals surface area contributed by atoms with Gasteiger partial charge in [-0.3, -0.25) is 9.59 Å². The number of halogens is 2. The van der Waals surface area contributed by atoms with Crippen LogP contribution in [0.3, 0.4) is 0 Å². The van der Waals surface area contributed by atoms with Crippen molar-refractivity contribution in [1.82, 2.24) is 4.57 Å². The fraction of sp³-hybridized carbons (Fsp3) is 0.438. The van der Waals surface area contributed by atoms with E-state index < -0.39 is 17.6 Å². The highest BCUT2D eigenvalue weighted by Gasteiger charge is 2.16. The number of thiazole rings is 1. The molecule has 0 aliphatic heterocycles. The first-order chi connectivity index (χ1) is 11.5. The van der Waals surface area contributed by atoms with Crippen LogP contribution < -0.4 is 4.80 Å². The fourth-order valence-corrected chi connectivity index (χ4v) is 3.27. The van der Waals surface area contributed by atoms with E-state index in [1.807, 2.05) is 6.92 Å². The van der Waals surface area contributed by atoms with Gasteiger partial charge in [0.1, 0.15) is 12.4 Å². The van der Waals surface area contributed by atoms with Crippen molar-refractivity contribution >= 4 is 33.4 Å².